The van der Waals surface area contributed by atoms with Gasteiger partial charge in [-0.15, -0.1) is 0 Å². The van der Waals surface area contributed by atoms with E-state index in [4.69, 9.17) is 0 Å². The van der Waals surface area contributed by atoms with Crippen LogP contribution in [0.3, 0.4) is 0 Å². The minimum Gasteiger partial charge on any atom is -0.388 e. The summed E-state index contributed by atoms with van der Waals surface area (Å²) in [7, 11) is 0. The minimum absolute atomic E-state index is 0.174. The molecule has 1 N–H and O–H groups in total. The van der Waals surface area contributed by atoms with Gasteiger partial charge in [-0.1, -0.05) is 0 Å². The van der Waals surface area contributed by atoms with E-state index in [0.29, 0.717) is 29.8 Å². The van der Waals surface area contributed by atoms with Crippen LogP contribution in [0, 0.1) is 5.82 Å². The molecule has 1 aliphatic heterocycles. The molecule has 1 aromatic heterocycles. The van der Waals surface area contributed by atoms with Gasteiger partial charge in [-0.2, -0.15) is 0 Å². The summed E-state index contributed by atoms with van der Waals surface area (Å²) in [5.74, 6) is -0.590. The van der Waals surface area contributed by atoms with E-state index in [1.54, 1.807) is 29.4 Å². The lowest BCUT2D eigenvalue weighted by molar-refractivity contribution is 0.0970. The third-order valence-corrected chi connectivity index (χ3v) is 3.44. The summed E-state index contributed by atoms with van der Waals surface area (Å²) in [6, 6.07) is 7.38. The number of amides is 1. The largest absolute Gasteiger partial charge is 0.388 e. The molecule has 5 heteroatoms. The maximum atomic E-state index is 13.3. The molecule has 0 saturated carbocycles. The van der Waals surface area contributed by atoms with Crippen LogP contribution in [0.15, 0.2) is 42.7 Å². The molecule has 1 unspecified atom stereocenters. The smallest absolute Gasteiger partial charge is 0.258 e. The van der Waals surface area contributed by atoms with Crippen molar-refractivity contribution in [1.29, 1.82) is 0 Å². The SMILES string of the molecule is O=C(c1ccncc1)N1CCC(O)c2cc(F)ccc21. The highest BCUT2D eigenvalue weighted by molar-refractivity contribution is 6.06. The highest BCUT2D eigenvalue weighted by atomic mass is 19.1. The number of aromatic nitrogens is 1. The zero-order valence-electron chi connectivity index (χ0n) is 10.7. The molecule has 2 heterocycles. The molecule has 102 valence electrons. The number of aliphatic hydroxyl groups excluding tert-OH is 1. The number of hydrogen-bond acceptors (Lipinski definition) is 3. The minimum atomic E-state index is -0.734. The number of halogens is 1. The first kappa shape index (κ1) is 12.7. The van der Waals surface area contributed by atoms with Crippen molar-refractivity contribution in [2.75, 3.05) is 11.4 Å². The Morgan fingerprint density at radius 3 is 2.80 bits per heavy atom. The van der Waals surface area contributed by atoms with Gasteiger partial charge in [0.15, 0.2) is 0 Å². The highest BCUT2D eigenvalue weighted by Crippen LogP contribution is 2.34. The van der Waals surface area contributed by atoms with Gasteiger partial charge in [-0.3, -0.25) is 9.78 Å². The van der Waals surface area contributed by atoms with Gasteiger partial charge < -0.3 is 10.0 Å². The molecule has 0 saturated heterocycles. The number of fused-ring (bicyclic) bond motifs is 1. The van der Waals surface area contributed by atoms with Crippen LogP contribution in [0.2, 0.25) is 0 Å². The maximum Gasteiger partial charge on any atom is 0.258 e. The quantitative estimate of drug-likeness (QED) is 0.866. The second-order valence-corrected chi connectivity index (χ2v) is 4.70. The number of pyridine rings is 1. The van der Waals surface area contributed by atoms with Crippen molar-refractivity contribution in [3.8, 4) is 0 Å². The average molecular weight is 272 g/mol. The molecule has 0 spiro atoms. The number of nitrogens with zero attached hydrogens (tertiary/aromatic N) is 2. The number of hydrogen-bond donors (Lipinski definition) is 1. The Kier molecular flexibility index (Phi) is 3.20. The fraction of sp³-hybridized carbons (Fsp3) is 0.200. The zero-order chi connectivity index (χ0) is 14.1. The van der Waals surface area contributed by atoms with Crippen molar-refractivity contribution >= 4 is 11.6 Å². The third-order valence-electron chi connectivity index (χ3n) is 3.44. The van der Waals surface area contributed by atoms with Crippen LogP contribution in [0.25, 0.3) is 0 Å². The summed E-state index contributed by atoms with van der Waals surface area (Å²) < 4.78 is 13.3. The Morgan fingerprint density at radius 1 is 1.30 bits per heavy atom. The first-order valence-electron chi connectivity index (χ1n) is 6.36. The van der Waals surface area contributed by atoms with Gasteiger partial charge in [0.2, 0.25) is 0 Å². The summed E-state index contributed by atoms with van der Waals surface area (Å²) in [6.07, 6.45) is 2.77. The van der Waals surface area contributed by atoms with Crippen LogP contribution >= 0.6 is 0 Å². The predicted molar refractivity (Wildman–Crippen MR) is 71.9 cm³/mol. The van der Waals surface area contributed by atoms with E-state index in [1.165, 1.54) is 18.2 Å². The lowest BCUT2D eigenvalue weighted by Gasteiger charge is -2.32. The molecule has 0 radical (unpaired) electrons. The predicted octanol–water partition coefficient (Wildman–Crippen LogP) is 2.30. The first-order chi connectivity index (χ1) is 9.66. The molecular formula is C15H13FN2O2. The molecule has 3 rings (SSSR count). The normalized spacial score (nSPS) is 17.7. The molecule has 4 nitrogen and oxygen atoms in total. The second-order valence-electron chi connectivity index (χ2n) is 4.70. The fourth-order valence-electron chi connectivity index (χ4n) is 2.43. The maximum absolute atomic E-state index is 13.3. The molecule has 0 fully saturated rings. The van der Waals surface area contributed by atoms with Crippen molar-refractivity contribution in [2.45, 2.75) is 12.5 Å². The summed E-state index contributed by atoms with van der Waals surface area (Å²) in [5, 5.41) is 9.94. The molecule has 1 aliphatic rings. The van der Waals surface area contributed by atoms with Crippen molar-refractivity contribution in [1.82, 2.24) is 4.98 Å². The lowest BCUT2D eigenvalue weighted by Crippen LogP contribution is -2.36. The number of carbonyl (C=O) groups is 1. The topological polar surface area (TPSA) is 53.4 Å². The Morgan fingerprint density at radius 2 is 2.05 bits per heavy atom. The fourth-order valence-corrected chi connectivity index (χ4v) is 2.43. The van der Waals surface area contributed by atoms with E-state index in [0.717, 1.165) is 0 Å². The van der Waals surface area contributed by atoms with Crippen LogP contribution < -0.4 is 4.90 Å². The van der Waals surface area contributed by atoms with Gasteiger partial charge >= 0.3 is 0 Å². The zero-order valence-corrected chi connectivity index (χ0v) is 10.7. The van der Waals surface area contributed by atoms with E-state index in [-0.39, 0.29) is 5.91 Å². The standard InChI is InChI=1S/C15H13FN2O2/c16-11-1-2-13-12(9-11)14(19)5-8-18(13)15(20)10-3-6-17-7-4-10/h1-4,6-7,9,14,19H,5,8H2. The molecule has 0 aliphatic carbocycles. The van der Waals surface area contributed by atoms with Gasteiger partial charge in [0.05, 0.1) is 6.10 Å². The van der Waals surface area contributed by atoms with Crippen LogP contribution in [0.1, 0.15) is 28.4 Å². The lowest BCUT2D eigenvalue weighted by atomic mass is 9.98. The van der Waals surface area contributed by atoms with Gasteiger partial charge in [-0.05, 0) is 36.8 Å². The molecular weight excluding hydrogens is 259 g/mol. The number of anilines is 1. The summed E-state index contributed by atoms with van der Waals surface area (Å²) in [6.45, 7) is 0.404. The summed E-state index contributed by atoms with van der Waals surface area (Å²) in [5.41, 5.74) is 1.54. The van der Waals surface area contributed by atoms with Crippen LogP contribution in [0.4, 0.5) is 10.1 Å². The van der Waals surface area contributed by atoms with Gasteiger partial charge in [-0.25, -0.2) is 4.39 Å². The highest BCUT2D eigenvalue weighted by Gasteiger charge is 2.28. The molecule has 1 aromatic carbocycles. The van der Waals surface area contributed by atoms with E-state index >= 15 is 0 Å². The van der Waals surface area contributed by atoms with E-state index < -0.39 is 11.9 Å². The number of benzene rings is 1. The van der Waals surface area contributed by atoms with E-state index in [2.05, 4.69) is 4.98 Å². The molecule has 2 aromatic rings. The molecule has 0 bridgehead atoms. The van der Waals surface area contributed by atoms with Crippen molar-refractivity contribution in [2.24, 2.45) is 0 Å². The van der Waals surface area contributed by atoms with Crippen LogP contribution in [-0.4, -0.2) is 22.5 Å². The van der Waals surface area contributed by atoms with Gasteiger partial charge in [0.1, 0.15) is 5.82 Å². The van der Waals surface area contributed by atoms with Gasteiger partial charge in [0.25, 0.3) is 5.91 Å². The number of aliphatic hydroxyl groups is 1. The Balaban J connectivity index is 2.01. The third kappa shape index (κ3) is 2.16. The van der Waals surface area contributed by atoms with E-state index in [1.807, 2.05) is 0 Å². The van der Waals surface area contributed by atoms with Crippen LogP contribution in [-0.2, 0) is 0 Å². The van der Waals surface area contributed by atoms with Crippen molar-refractivity contribution in [3.05, 3.63) is 59.7 Å². The van der Waals surface area contributed by atoms with Crippen molar-refractivity contribution in [3.63, 3.8) is 0 Å². The Bertz CT molecular complexity index is 646. The molecule has 20 heavy (non-hydrogen) atoms. The number of rotatable bonds is 1. The first-order valence-corrected chi connectivity index (χ1v) is 6.36. The van der Waals surface area contributed by atoms with Gasteiger partial charge in [0, 0.05) is 35.8 Å². The average Bonchev–Trinajstić information content (AvgIpc) is 2.48. The molecule has 1 atom stereocenters. The van der Waals surface area contributed by atoms with Crippen molar-refractivity contribution < 1.29 is 14.3 Å². The Labute approximate surface area is 115 Å². The second kappa shape index (κ2) is 5.02. The van der Waals surface area contributed by atoms with E-state index in [9.17, 15) is 14.3 Å². The molecule has 1 amide bonds. The number of carbonyl (C=O) groups excluding carboxylic acids is 1. The summed E-state index contributed by atoms with van der Waals surface area (Å²) >= 11 is 0. The monoisotopic (exact) mass is 272 g/mol. The van der Waals surface area contributed by atoms with Crippen LogP contribution in [0.5, 0.6) is 0 Å². The summed E-state index contributed by atoms with van der Waals surface area (Å²) in [4.78, 5) is 17.9. The Hall–Kier alpha value is -2.27.